The SMILES string of the molecule is Cc1ncc2cc(CC(F)(F)F)sc2n1. The third kappa shape index (κ3) is 2.44. The lowest BCUT2D eigenvalue weighted by atomic mass is 10.3. The molecule has 0 aromatic carbocycles. The molecule has 0 spiro atoms. The maximum Gasteiger partial charge on any atom is 0.393 e. The first kappa shape index (κ1) is 10.4. The van der Waals surface area contributed by atoms with Crippen molar-refractivity contribution >= 4 is 21.6 Å². The van der Waals surface area contributed by atoms with Gasteiger partial charge in [0, 0.05) is 16.5 Å². The van der Waals surface area contributed by atoms with Crippen molar-refractivity contribution < 1.29 is 13.2 Å². The first-order valence-corrected chi connectivity index (χ1v) is 5.04. The molecule has 2 rings (SSSR count). The summed E-state index contributed by atoms with van der Waals surface area (Å²) in [5.41, 5.74) is 0. The lowest BCUT2D eigenvalue weighted by molar-refractivity contribution is -0.126. The van der Waals surface area contributed by atoms with Gasteiger partial charge in [-0.2, -0.15) is 13.2 Å². The summed E-state index contributed by atoms with van der Waals surface area (Å²) in [4.78, 5) is 8.89. The minimum Gasteiger partial charge on any atom is -0.241 e. The van der Waals surface area contributed by atoms with Gasteiger partial charge in [0.2, 0.25) is 0 Å². The summed E-state index contributed by atoms with van der Waals surface area (Å²) < 4.78 is 36.4. The van der Waals surface area contributed by atoms with Crippen LogP contribution in [-0.4, -0.2) is 16.1 Å². The van der Waals surface area contributed by atoms with Gasteiger partial charge >= 0.3 is 6.18 Å². The standard InChI is InChI=1S/C9H7F3N2S/c1-5-13-4-6-2-7(3-9(10,11)12)15-8(6)14-5/h2,4H,3H2,1H3. The number of halogens is 3. The van der Waals surface area contributed by atoms with Crippen LogP contribution >= 0.6 is 11.3 Å². The second-order valence-electron chi connectivity index (χ2n) is 3.18. The number of rotatable bonds is 1. The average Bonchev–Trinajstić information content (AvgIpc) is 2.42. The van der Waals surface area contributed by atoms with Crippen LogP contribution in [0.2, 0.25) is 0 Å². The molecule has 0 aliphatic heterocycles. The van der Waals surface area contributed by atoms with Crippen LogP contribution in [0.4, 0.5) is 13.2 Å². The van der Waals surface area contributed by atoms with Gasteiger partial charge in [-0.05, 0) is 13.0 Å². The molecule has 2 nitrogen and oxygen atoms in total. The van der Waals surface area contributed by atoms with Gasteiger partial charge in [0.15, 0.2) is 0 Å². The molecule has 0 aliphatic rings. The van der Waals surface area contributed by atoms with Crippen LogP contribution in [-0.2, 0) is 6.42 Å². The molecule has 2 aromatic heterocycles. The first-order valence-electron chi connectivity index (χ1n) is 4.23. The van der Waals surface area contributed by atoms with E-state index in [0.717, 1.165) is 11.3 Å². The fourth-order valence-electron chi connectivity index (χ4n) is 1.25. The Morgan fingerprint density at radius 1 is 1.40 bits per heavy atom. The molecule has 0 unspecified atom stereocenters. The van der Waals surface area contributed by atoms with E-state index in [1.54, 1.807) is 13.1 Å². The van der Waals surface area contributed by atoms with E-state index in [1.165, 1.54) is 6.07 Å². The molecule has 0 bridgehead atoms. The molecule has 0 radical (unpaired) electrons. The van der Waals surface area contributed by atoms with Crippen LogP contribution < -0.4 is 0 Å². The smallest absolute Gasteiger partial charge is 0.241 e. The number of aromatic nitrogens is 2. The molecular weight excluding hydrogens is 225 g/mol. The molecule has 80 valence electrons. The van der Waals surface area contributed by atoms with E-state index >= 15 is 0 Å². The molecule has 15 heavy (non-hydrogen) atoms. The Bertz CT molecular complexity index is 490. The fraction of sp³-hybridized carbons (Fsp3) is 0.333. The Hall–Kier alpha value is -1.17. The second kappa shape index (κ2) is 3.44. The summed E-state index contributed by atoms with van der Waals surface area (Å²) in [5.74, 6) is 0.572. The van der Waals surface area contributed by atoms with Crippen molar-refractivity contribution in [2.45, 2.75) is 19.5 Å². The zero-order valence-corrected chi connectivity index (χ0v) is 8.61. The van der Waals surface area contributed by atoms with Crippen molar-refractivity contribution in [2.24, 2.45) is 0 Å². The van der Waals surface area contributed by atoms with Crippen LogP contribution in [0, 0.1) is 6.92 Å². The number of aryl methyl sites for hydroxylation is 1. The Balaban J connectivity index is 2.39. The Kier molecular flexibility index (Phi) is 2.38. The Morgan fingerprint density at radius 3 is 2.80 bits per heavy atom. The number of fused-ring (bicyclic) bond motifs is 1. The van der Waals surface area contributed by atoms with Crippen molar-refractivity contribution in [3.8, 4) is 0 Å². The van der Waals surface area contributed by atoms with E-state index in [9.17, 15) is 13.2 Å². The van der Waals surface area contributed by atoms with Gasteiger partial charge in [0.25, 0.3) is 0 Å². The minimum absolute atomic E-state index is 0.275. The highest BCUT2D eigenvalue weighted by Gasteiger charge is 2.28. The summed E-state index contributed by atoms with van der Waals surface area (Å²) in [5, 5.41) is 0.671. The highest BCUT2D eigenvalue weighted by Crippen LogP contribution is 2.29. The molecule has 2 aromatic rings. The molecule has 0 atom stereocenters. The van der Waals surface area contributed by atoms with E-state index in [-0.39, 0.29) is 4.88 Å². The lowest BCUT2D eigenvalue weighted by Gasteiger charge is -2.01. The van der Waals surface area contributed by atoms with Gasteiger partial charge < -0.3 is 0 Å². The molecule has 0 N–H and O–H groups in total. The van der Waals surface area contributed by atoms with Gasteiger partial charge in [0.1, 0.15) is 10.7 Å². The van der Waals surface area contributed by atoms with E-state index in [0.29, 0.717) is 16.0 Å². The summed E-state index contributed by atoms with van der Waals surface area (Å²) in [6.45, 7) is 1.71. The maximum absolute atomic E-state index is 12.1. The first-order chi connectivity index (χ1) is 6.94. The zero-order valence-electron chi connectivity index (χ0n) is 7.80. The monoisotopic (exact) mass is 232 g/mol. The zero-order chi connectivity index (χ0) is 11.1. The molecule has 0 fully saturated rings. The highest BCUT2D eigenvalue weighted by atomic mass is 32.1. The van der Waals surface area contributed by atoms with Crippen molar-refractivity contribution in [2.75, 3.05) is 0 Å². The third-order valence-electron chi connectivity index (χ3n) is 1.82. The maximum atomic E-state index is 12.1. The van der Waals surface area contributed by atoms with Gasteiger partial charge in [-0.25, -0.2) is 9.97 Å². The van der Waals surface area contributed by atoms with Gasteiger partial charge in [-0.1, -0.05) is 0 Å². The number of alkyl halides is 3. The summed E-state index contributed by atoms with van der Waals surface area (Å²) in [7, 11) is 0. The van der Waals surface area contributed by atoms with E-state index in [1.807, 2.05) is 0 Å². The Morgan fingerprint density at radius 2 is 2.13 bits per heavy atom. The van der Waals surface area contributed by atoms with Crippen LogP contribution in [0.1, 0.15) is 10.7 Å². The predicted molar refractivity (Wildman–Crippen MR) is 51.9 cm³/mol. The fourth-order valence-corrected chi connectivity index (χ4v) is 2.33. The predicted octanol–water partition coefficient (Wildman–Crippen LogP) is 3.10. The number of thiophene rings is 1. The van der Waals surface area contributed by atoms with Crippen molar-refractivity contribution in [3.05, 3.63) is 23.0 Å². The van der Waals surface area contributed by atoms with E-state index in [2.05, 4.69) is 9.97 Å². The summed E-state index contributed by atoms with van der Waals surface area (Å²) in [6, 6.07) is 1.49. The van der Waals surface area contributed by atoms with Crippen molar-refractivity contribution in [1.82, 2.24) is 9.97 Å². The topological polar surface area (TPSA) is 25.8 Å². The molecule has 0 saturated heterocycles. The molecular formula is C9H7F3N2S. The van der Waals surface area contributed by atoms with Crippen LogP contribution in [0.25, 0.3) is 10.2 Å². The number of hydrogen-bond donors (Lipinski definition) is 0. The van der Waals surface area contributed by atoms with Crippen LogP contribution in [0.15, 0.2) is 12.3 Å². The van der Waals surface area contributed by atoms with Gasteiger partial charge in [0.05, 0.1) is 6.42 Å². The quantitative estimate of drug-likeness (QED) is 0.755. The number of hydrogen-bond acceptors (Lipinski definition) is 3. The molecule has 6 heteroatoms. The number of nitrogens with zero attached hydrogens (tertiary/aromatic N) is 2. The molecule has 0 aliphatic carbocycles. The summed E-state index contributed by atoms with van der Waals surface area (Å²) in [6.07, 6.45) is -3.51. The Labute approximate surface area is 87.8 Å². The minimum atomic E-state index is -4.16. The molecule has 2 heterocycles. The molecule has 0 amide bonds. The third-order valence-corrected chi connectivity index (χ3v) is 2.86. The normalized spacial score (nSPS) is 12.3. The van der Waals surface area contributed by atoms with E-state index in [4.69, 9.17) is 0 Å². The van der Waals surface area contributed by atoms with Crippen molar-refractivity contribution in [1.29, 1.82) is 0 Å². The van der Waals surface area contributed by atoms with Gasteiger partial charge in [-0.3, -0.25) is 0 Å². The van der Waals surface area contributed by atoms with Crippen LogP contribution in [0.3, 0.4) is 0 Å². The van der Waals surface area contributed by atoms with Gasteiger partial charge in [-0.15, -0.1) is 11.3 Å². The summed E-state index contributed by atoms with van der Waals surface area (Å²) >= 11 is 1.07. The highest BCUT2D eigenvalue weighted by molar-refractivity contribution is 7.18. The molecule has 0 saturated carbocycles. The largest absolute Gasteiger partial charge is 0.393 e. The van der Waals surface area contributed by atoms with Crippen LogP contribution in [0.5, 0.6) is 0 Å². The van der Waals surface area contributed by atoms with Crippen molar-refractivity contribution in [3.63, 3.8) is 0 Å². The van der Waals surface area contributed by atoms with E-state index < -0.39 is 12.6 Å². The average molecular weight is 232 g/mol. The second-order valence-corrected chi connectivity index (χ2v) is 4.30. The lowest BCUT2D eigenvalue weighted by Crippen LogP contribution is -2.09.